The molecule has 8 heteroatoms. The summed E-state index contributed by atoms with van der Waals surface area (Å²) in [5, 5.41) is 0. The molecule has 0 aliphatic carbocycles. The molecule has 0 aromatic carbocycles. The zero-order valence-corrected chi connectivity index (χ0v) is 9.13. The Morgan fingerprint density at radius 1 is 1.33 bits per heavy atom. The number of aromatic nitrogens is 3. The van der Waals surface area contributed by atoms with E-state index in [1.165, 1.54) is 6.92 Å². The molecule has 0 unspecified atom stereocenters. The van der Waals surface area contributed by atoms with Crippen molar-refractivity contribution < 1.29 is 22.7 Å². The fraction of sp³-hybridized carbons (Fsp3) is 0.200. The SMILES string of the molecule is CC(=O)c1ocnc1-c1ncc(OC(F)F)cn1. The first-order valence-electron chi connectivity index (χ1n) is 4.79. The summed E-state index contributed by atoms with van der Waals surface area (Å²) in [6.07, 6.45) is 3.21. The summed E-state index contributed by atoms with van der Waals surface area (Å²) >= 11 is 0. The van der Waals surface area contributed by atoms with Crippen molar-refractivity contribution in [2.45, 2.75) is 13.5 Å². The molecule has 94 valence electrons. The Balaban J connectivity index is 2.29. The van der Waals surface area contributed by atoms with Crippen LogP contribution in [0, 0.1) is 0 Å². The number of rotatable bonds is 4. The van der Waals surface area contributed by atoms with E-state index >= 15 is 0 Å². The van der Waals surface area contributed by atoms with E-state index in [-0.39, 0.29) is 28.8 Å². The minimum absolute atomic E-state index is 0.0116. The summed E-state index contributed by atoms with van der Waals surface area (Å²) in [6, 6.07) is 0. The molecule has 0 radical (unpaired) electrons. The molecule has 0 atom stereocenters. The van der Waals surface area contributed by atoms with Crippen LogP contribution in [0.5, 0.6) is 5.75 Å². The number of nitrogens with zero attached hydrogens (tertiary/aromatic N) is 3. The molecule has 0 spiro atoms. The Bertz CT molecular complexity index is 554. The second-order valence-corrected chi connectivity index (χ2v) is 3.21. The quantitative estimate of drug-likeness (QED) is 0.777. The van der Waals surface area contributed by atoms with Gasteiger partial charge >= 0.3 is 6.61 Å². The topological polar surface area (TPSA) is 78.1 Å². The first-order valence-corrected chi connectivity index (χ1v) is 4.79. The fourth-order valence-electron chi connectivity index (χ4n) is 1.26. The average molecular weight is 255 g/mol. The van der Waals surface area contributed by atoms with Crippen LogP contribution >= 0.6 is 0 Å². The highest BCUT2D eigenvalue weighted by molar-refractivity contribution is 5.96. The van der Waals surface area contributed by atoms with Crippen LogP contribution in [0.15, 0.2) is 23.2 Å². The zero-order chi connectivity index (χ0) is 13.1. The van der Waals surface area contributed by atoms with Crippen molar-refractivity contribution in [2.24, 2.45) is 0 Å². The van der Waals surface area contributed by atoms with E-state index in [9.17, 15) is 13.6 Å². The lowest BCUT2D eigenvalue weighted by Crippen LogP contribution is -2.03. The van der Waals surface area contributed by atoms with Crippen molar-refractivity contribution in [2.75, 3.05) is 0 Å². The van der Waals surface area contributed by atoms with E-state index in [4.69, 9.17) is 4.42 Å². The molecule has 2 aromatic heterocycles. The first-order chi connectivity index (χ1) is 8.58. The Hall–Kier alpha value is -2.38. The molecule has 2 aromatic rings. The van der Waals surface area contributed by atoms with Crippen molar-refractivity contribution >= 4 is 5.78 Å². The summed E-state index contributed by atoms with van der Waals surface area (Å²) in [7, 11) is 0. The molecule has 0 aliphatic heterocycles. The van der Waals surface area contributed by atoms with Crippen LogP contribution in [0.1, 0.15) is 17.5 Å². The lowest BCUT2D eigenvalue weighted by atomic mass is 10.2. The summed E-state index contributed by atoms with van der Waals surface area (Å²) < 4.78 is 32.8. The largest absolute Gasteiger partial charge is 0.440 e. The van der Waals surface area contributed by atoms with Gasteiger partial charge in [-0.15, -0.1) is 0 Å². The predicted octanol–water partition coefficient (Wildman–Crippen LogP) is 1.94. The van der Waals surface area contributed by atoms with Crippen LogP contribution in [-0.4, -0.2) is 27.3 Å². The van der Waals surface area contributed by atoms with Crippen LogP contribution in [0.25, 0.3) is 11.5 Å². The van der Waals surface area contributed by atoms with Crippen molar-refractivity contribution in [1.82, 2.24) is 15.0 Å². The van der Waals surface area contributed by atoms with Crippen LogP contribution in [0.4, 0.5) is 8.78 Å². The number of halogens is 2. The number of carbonyl (C=O) groups excluding carboxylic acids is 1. The van der Waals surface area contributed by atoms with Gasteiger partial charge in [0.15, 0.2) is 29.4 Å². The van der Waals surface area contributed by atoms with Gasteiger partial charge in [0, 0.05) is 6.92 Å². The fourth-order valence-corrected chi connectivity index (χ4v) is 1.26. The minimum atomic E-state index is -2.95. The molecule has 0 bridgehead atoms. The molecular formula is C10H7F2N3O3. The molecule has 6 nitrogen and oxygen atoms in total. The Labute approximate surface area is 99.6 Å². The number of carbonyl (C=O) groups is 1. The predicted molar refractivity (Wildman–Crippen MR) is 54.2 cm³/mol. The van der Waals surface area contributed by atoms with Gasteiger partial charge in [-0.2, -0.15) is 8.78 Å². The van der Waals surface area contributed by atoms with Crippen LogP contribution < -0.4 is 4.74 Å². The summed E-state index contributed by atoms with van der Waals surface area (Å²) in [4.78, 5) is 22.5. The molecule has 0 fully saturated rings. The Morgan fingerprint density at radius 2 is 2.00 bits per heavy atom. The van der Waals surface area contributed by atoms with Gasteiger partial charge < -0.3 is 9.15 Å². The molecule has 0 N–H and O–H groups in total. The first kappa shape index (κ1) is 12.1. The second-order valence-electron chi connectivity index (χ2n) is 3.21. The van der Waals surface area contributed by atoms with E-state index in [1.54, 1.807) is 0 Å². The molecule has 0 aliphatic rings. The van der Waals surface area contributed by atoms with Gasteiger partial charge in [-0.05, 0) is 0 Å². The lowest BCUT2D eigenvalue weighted by molar-refractivity contribution is -0.0503. The number of oxazole rings is 1. The van der Waals surface area contributed by atoms with Gasteiger partial charge in [-0.3, -0.25) is 4.79 Å². The van der Waals surface area contributed by atoms with Crippen LogP contribution in [-0.2, 0) is 0 Å². The standard InChI is InChI=1S/C10H7F2N3O3/c1-5(16)8-7(15-4-17-8)9-13-2-6(3-14-9)18-10(11)12/h2-4,10H,1H3. The summed E-state index contributed by atoms with van der Waals surface area (Å²) in [5.41, 5.74) is 0.158. The summed E-state index contributed by atoms with van der Waals surface area (Å²) in [6.45, 7) is -1.64. The van der Waals surface area contributed by atoms with Crippen LogP contribution in [0.3, 0.4) is 0 Å². The van der Waals surface area contributed by atoms with Gasteiger partial charge in [0.2, 0.25) is 5.76 Å². The third kappa shape index (κ3) is 2.47. The third-order valence-corrected chi connectivity index (χ3v) is 1.95. The minimum Gasteiger partial charge on any atom is -0.440 e. The highest BCUT2D eigenvalue weighted by atomic mass is 19.3. The third-order valence-electron chi connectivity index (χ3n) is 1.95. The molecule has 0 saturated heterocycles. The molecule has 2 rings (SSSR count). The number of hydrogen-bond donors (Lipinski definition) is 0. The molecule has 0 saturated carbocycles. The molecule has 18 heavy (non-hydrogen) atoms. The number of Topliss-reactive ketones (excluding diaryl/α,β-unsaturated/α-hetero) is 1. The second kappa shape index (κ2) is 4.86. The number of hydrogen-bond acceptors (Lipinski definition) is 6. The zero-order valence-electron chi connectivity index (χ0n) is 9.13. The number of ether oxygens (including phenoxy) is 1. The Kier molecular flexibility index (Phi) is 3.26. The van der Waals surface area contributed by atoms with E-state index in [0.29, 0.717) is 0 Å². The molecule has 0 amide bonds. The van der Waals surface area contributed by atoms with Gasteiger partial charge in [-0.1, -0.05) is 0 Å². The lowest BCUT2D eigenvalue weighted by Gasteiger charge is -2.03. The number of alkyl halides is 2. The van der Waals surface area contributed by atoms with E-state index in [0.717, 1.165) is 18.8 Å². The maximum Gasteiger partial charge on any atom is 0.387 e. The van der Waals surface area contributed by atoms with E-state index < -0.39 is 6.61 Å². The van der Waals surface area contributed by atoms with Gasteiger partial charge in [0.25, 0.3) is 0 Å². The Morgan fingerprint density at radius 3 is 2.56 bits per heavy atom. The van der Waals surface area contributed by atoms with Gasteiger partial charge in [-0.25, -0.2) is 15.0 Å². The molecular weight excluding hydrogens is 248 g/mol. The molecule has 2 heterocycles. The van der Waals surface area contributed by atoms with Gasteiger partial charge in [0.05, 0.1) is 12.4 Å². The van der Waals surface area contributed by atoms with Crippen LogP contribution in [0.2, 0.25) is 0 Å². The van der Waals surface area contributed by atoms with E-state index in [2.05, 4.69) is 19.7 Å². The highest BCUT2D eigenvalue weighted by Crippen LogP contribution is 2.20. The van der Waals surface area contributed by atoms with Crippen molar-refractivity contribution in [3.05, 3.63) is 24.5 Å². The number of ketones is 1. The van der Waals surface area contributed by atoms with Crippen molar-refractivity contribution in [1.29, 1.82) is 0 Å². The van der Waals surface area contributed by atoms with Crippen molar-refractivity contribution in [3.63, 3.8) is 0 Å². The maximum atomic E-state index is 11.9. The van der Waals surface area contributed by atoms with Crippen molar-refractivity contribution in [3.8, 4) is 17.3 Å². The average Bonchev–Trinajstić information content (AvgIpc) is 2.78. The smallest absolute Gasteiger partial charge is 0.387 e. The monoisotopic (exact) mass is 255 g/mol. The summed E-state index contributed by atoms with van der Waals surface area (Å²) in [5.74, 6) is -0.409. The van der Waals surface area contributed by atoms with Gasteiger partial charge in [0.1, 0.15) is 0 Å². The normalized spacial score (nSPS) is 10.7. The van der Waals surface area contributed by atoms with E-state index in [1.807, 2.05) is 0 Å². The highest BCUT2D eigenvalue weighted by Gasteiger charge is 2.17. The maximum absolute atomic E-state index is 11.9.